The maximum absolute atomic E-state index is 9.80. The fraction of sp³-hybridized carbons (Fsp3) is 0.105. The summed E-state index contributed by atoms with van der Waals surface area (Å²) in [5.41, 5.74) is 2.63. The Balaban J connectivity index is 1.97. The lowest BCUT2D eigenvalue weighted by atomic mass is 10.1. The van der Waals surface area contributed by atoms with Crippen molar-refractivity contribution in [3.05, 3.63) is 58.4 Å². The maximum Gasteiger partial charge on any atom is 0.268 e. The molecule has 0 unspecified atom stereocenters. The average molecular weight is 368 g/mol. The molecule has 1 N–H and O–H groups in total. The minimum Gasteiger partial charge on any atom is -0.503 e. The highest BCUT2D eigenvalue weighted by Crippen LogP contribution is 2.36. The first-order chi connectivity index (χ1) is 12.5. The number of rotatable bonds is 4. The second kappa shape index (κ2) is 7.30. The summed E-state index contributed by atoms with van der Waals surface area (Å²) in [6.07, 6.45) is 1.53. The van der Waals surface area contributed by atoms with Gasteiger partial charge in [-0.15, -0.1) is 0 Å². The molecule has 2 aromatic carbocycles. The number of aromatic nitrogens is 2. The van der Waals surface area contributed by atoms with Crippen molar-refractivity contribution in [2.45, 2.75) is 6.92 Å². The first kappa shape index (κ1) is 17.5. The van der Waals surface area contributed by atoms with Gasteiger partial charge >= 0.3 is 0 Å². The predicted molar refractivity (Wildman–Crippen MR) is 97.6 cm³/mol. The van der Waals surface area contributed by atoms with Crippen LogP contribution in [-0.4, -0.2) is 22.4 Å². The summed E-state index contributed by atoms with van der Waals surface area (Å²) in [5.74, 6) is 0.518. The SMILES string of the molecule is COc1cc(C=C(C#N)c2nc(-c3ccc(C)cc3)no2)cc(Cl)c1O. The van der Waals surface area contributed by atoms with E-state index in [0.717, 1.165) is 11.1 Å². The van der Waals surface area contributed by atoms with Crippen LogP contribution in [-0.2, 0) is 0 Å². The fourth-order valence-corrected chi connectivity index (χ4v) is 2.51. The van der Waals surface area contributed by atoms with E-state index >= 15 is 0 Å². The predicted octanol–water partition coefficient (Wildman–Crippen LogP) is 4.48. The number of aryl methyl sites for hydroxylation is 1. The third kappa shape index (κ3) is 3.53. The van der Waals surface area contributed by atoms with Crippen molar-refractivity contribution >= 4 is 23.3 Å². The molecular formula is C19H14ClN3O3. The van der Waals surface area contributed by atoms with Crippen LogP contribution in [0.2, 0.25) is 5.02 Å². The fourth-order valence-electron chi connectivity index (χ4n) is 2.29. The van der Waals surface area contributed by atoms with Gasteiger partial charge in [-0.3, -0.25) is 0 Å². The molecule has 0 radical (unpaired) electrons. The molecule has 3 rings (SSSR count). The lowest BCUT2D eigenvalue weighted by molar-refractivity contribution is 0.373. The molecule has 3 aromatic rings. The van der Waals surface area contributed by atoms with Crippen molar-refractivity contribution in [1.29, 1.82) is 5.26 Å². The number of nitriles is 1. The molecule has 6 nitrogen and oxygen atoms in total. The quantitative estimate of drug-likeness (QED) is 0.683. The van der Waals surface area contributed by atoms with E-state index in [1.807, 2.05) is 37.3 Å². The summed E-state index contributed by atoms with van der Waals surface area (Å²) in [6, 6.07) is 12.7. The summed E-state index contributed by atoms with van der Waals surface area (Å²) >= 11 is 5.97. The number of hydrogen-bond acceptors (Lipinski definition) is 6. The van der Waals surface area contributed by atoms with Crippen LogP contribution in [0.3, 0.4) is 0 Å². The van der Waals surface area contributed by atoms with Crippen molar-refractivity contribution in [3.63, 3.8) is 0 Å². The Morgan fingerprint density at radius 1 is 1.31 bits per heavy atom. The maximum atomic E-state index is 9.80. The molecule has 1 aromatic heterocycles. The normalized spacial score (nSPS) is 11.2. The van der Waals surface area contributed by atoms with Crippen LogP contribution in [0, 0.1) is 18.3 Å². The van der Waals surface area contributed by atoms with Crippen molar-refractivity contribution in [3.8, 4) is 29.0 Å². The number of nitrogens with zero attached hydrogens (tertiary/aromatic N) is 3. The van der Waals surface area contributed by atoms with Crippen molar-refractivity contribution < 1.29 is 14.4 Å². The Morgan fingerprint density at radius 2 is 2.04 bits per heavy atom. The average Bonchev–Trinajstić information content (AvgIpc) is 3.13. The molecule has 0 aliphatic heterocycles. The van der Waals surface area contributed by atoms with Crippen LogP contribution in [0.25, 0.3) is 23.0 Å². The van der Waals surface area contributed by atoms with Gasteiger partial charge in [0.2, 0.25) is 5.82 Å². The van der Waals surface area contributed by atoms with Crippen LogP contribution in [0.5, 0.6) is 11.5 Å². The Bertz CT molecular complexity index is 1020. The van der Waals surface area contributed by atoms with Gasteiger partial charge in [-0.1, -0.05) is 46.6 Å². The van der Waals surface area contributed by atoms with Crippen LogP contribution >= 0.6 is 11.6 Å². The first-order valence-corrected chi connectivity index (χ1v) is 7.99. The van der Waals surface area contributed by atoms with Gasteiger partial charge in [0.1, 0.15) is 11.6 Å². The standard InChI is InChI=1S/C19H14ClN3O3/c1-11-3-5-13(6-4-11)18-22-19(26-23-18)14(10-21)7-12-8-15(20)17(24)16(9-12)25-2/h3-9,24H,1-2H3. The zero-order valence-corrected chi connectivity index (χ0v) is 14.8. The van der Waals surface area contributed by atoms with Gasteiger partial charge in [-0.25, -0.2) is 0 Å². The molecule has 0 fully saturated rings. The molecule has 0 spiro atoms. The zero-order chi connectivity index (χ0) is 18.7. The Kier molecular flexibility index (Phi) is 4.92. The van der Waals surface area contributed by atoms with Crippen molar-refractivity contribution in [2.24, 2.45) is 0 Å². The molecule has 26 heavy (non-hydrogen) atoms. The number of phenols is 1. The molecule has 0 saturated heterocycles. The zero-order valence-electron chi connectivity index (χ0n) is 14.0. The smallest absolute Gasteiger partial charge is 0.268 e. The van der Waals surface area contributed by atoms with Gasteiger partial charge < -0.3 is 14.4 Å². The molecule has 0 aliphatic carbocycles. The summed E-state index contributed by atoms with van der Waals surface area (Å²) in [5, 5.41) is 23.3. The number of allylic oxidation sites excluding steroid dienone is 1. The van der Waals surface area contributed by atoms with Gasteiger partial charge in [0.15, 0.2) is 11.5 Å². The van der Waals surface area contributed by atoms with Gasteiger partial charge in [-0.2, -0.15) is 10.2 Å². The van der Waals surface area contributed by atoms with E-state index in [1.165, 1.54) is 19.3 Å². The lowest BCUT2D eigenvalue weighted by Crippen LogP contribution is -1.87. The second-order valence-corrected chi connectivity index (χ2v) is 5.92. The number of methoxy groups -OCH3 is 1. The highest BCUT2D eigenvalue weighted by molar-refractivity contribution is 6.32. The van der Waals surface area contributed by atoms with E-state index in [1.54, 1.807) is 6.07 Å². The number of halogens is 1. The van der Waals surface area contributed by atoms with Crippen molar-refractivity contribution in [1.82, 2.24) is 10.1 Å². The minimum absolute atomic E-state index is 0.0891. The third-order valence-electron chi connectivity index (χ3n) is 3.67. The molecule has 0 bridgehead atoms. The van der Waals surface area contributed by atoms with E-state index in [-0.39, 0.29) is 28.0 Å². The number of hydrogen-bond donors (Lipinski definition) is 1. The highest BCUT2D eigenvalue weighted by atomic mass is 35.5. The van der Waals surface area contributed by atoms with Crippen molar-refractivity contribution in [2.75, 3.05) is 7.11 Å². The minimum atomic E-state index is -0.163. The van der Waals surface area contributed by atoms with Gasteiger partial charge in [0, 0.05) is 5.56 Å². The Hall–Kier alpha value is -3.30. The van der Waals surface area contributed by atoms with E-state index in [9.17, 15) is 10.4 Å². The molecule has 0 aliphatic rings. The van der Waals surface area contributed by atoms with Gasteiger partial charge in [0.25, 0.3) is 5.89 Å². The largest absolute Gasteiger partial charge is 0.503 e. The Morgan fingerprint density at radius 3 is 2.69 bits per heavy atom. The van der Waals surface area contributed by atoms with Crippen LogP contribution < -0.4 is 4.74 Å². The summed E-state index contributed by atoms with van der Waals surface area (Å²) < 4.78 is 10.3. The van der Waals surface area contributed by atoms with Crippen LogP contribution in [0.15, 0.2) is 40.9 Å². The van der Waals surface area contributed by atoms with E-state index in [0.29, 0.717) is 11.4 Å². The molecule has 1 heterocycles. The molecule has 7 heteroatoms. The number of ether oxygens (including phenoxy) is 1. The van der Waals surface area contributed by atoms with E-state index in [2.05, 4.69) is 10.1 Å². The molecule has 0 amide bonds. The topological polar surface area (TPSA) is 92.2 Å². The molecule has 0 atom stereocenters. The summed E-state index contributed by atoms with van der Waals surface area (Å²) in [7, 11) is 1.41. The van der Waals surface area contributed by atoms with Gasteiger partial charge in [0.05, 0.1) is 12.1 Å². The summed E-state index contributed by atoms with van der Waals surface area (Å²) in [4.78, 5) is 4.28. The van der Waals surface area contributed by atoms with E-state index in [4.69, 9.17) is 20.9 Å². The van der Waals surface area contributed by atoms with Crippen LogP contribution in [0.1, 0.15) is 17.0 Å². The van der Waals surface area contributed by atoms with Crippen LogP contribution in [0.4, 0.5) is 0 Å². The Labute approximate surface area is 154 Å². The molecule has 130 valence electrons. The second-order valence-electron chi connectivity index (χ2n) is 5.51. The molecule has 0 saturated carbocycles. The lowest BCUT2D eigenvalue weighted by Gasteiger charge is -2.06. The first-order valence-electron chi connectivity index (χ1n) is 7.61. The molecular weight excluding hydrogens is 354 g/mol. The van der Waals surface area contributed by atoms with E-state index < -0.39 is 0 Å². The third-order valence-corrected chi connectivity index (χ3v) is 3.96. The van der Waals surface area contributed by atoms with Gasteiger partial charge in [-0.05, 0) is 30.7 Å². The highest BCUT2D eigenvalue weighted by Gasteiger charge is 2.14. The number of phenolic OH excluding ortho intramolecular Hbond substituents is 1. The number of aromatic hydroxyl groups is 1. The number of benzene rings is 2. The summed E-state index contributed by atoms with van der Waals surface area (Å²) in [6.45, 7) is 1.99. The monoisotopic (exact) mass is 367 g/mol.